The van der Waals surface area contributed by atoms with Gasteiger partial charge in [-0.05, 0) is 23.9 Å². The van der Waals surface area contributed by atoms with Gasteiger partial charge in [0.05, 0.1) is 14.9 Å². The van der Waals surface area contributed by atoms with Gasteiger partial charge in [-0.25, -0.2) is 8.78 Å². The maximum Gasteiger partial charge on any atom is 0.357 e. The van der Waals surface area contributed by atoms with Gasteiger partial charge in [0.1, 0.15) is 0 Å². The van der Waals surface area contributed by atoms with Gasteiger partial charge in [-0.1, -0.05) is 29.3 Å². The molecule has 0 saturated heterocycles. The van der Waals surface area contributed by atoms with Crippen LogP contribution in [0.1, 0.15) is 0 Å². The van der Waals surface area contributed by atoms with E-state index < -0.39 is 11.7 Å². The summed E-state index contributed by atoms with van der Waals surface area (Å²) < 4.78 is 49.2. The molecule has 0 N–H and O–H groups in total. The molecule has 0 radical (unpaired) electrons. The van der Waals surface area contributed by atoms with Crippen LogP contribution < -0.4 is 0 Å². The van der Waals surface area contributed by atoms with Crippen LogP contribution in [0.25, 0.3) is 0 Å². The van der Waals surface area contributed by atoms with E-state index in [0.717, 1.165) is 0 Å². The second-order valence-corrected chi connectivity index (χ2v) is 4.49. The molecular formula is C8H4Cl2F4S. The van der Waals surface area contributed by atoms with Gasteiger partial charge in [0.15, 0.2) is 0 Å². The predicted molar refractivity (Wildman–Crippen MR) is 53.3 cm³/mol. The molecule has 84 valence electrons. The van der Waals surface area contributed by atoms with Crippen LogP contribution in [0, 0.1) is 0 Å². The van der Waals surface area contributed by atoms with Crippen molar-refractivity contribution in [3.63, 3.8) is 0 Å². The van der Waals surface area contributed by atoms with Gasteiger partial charge in [-0.3, -0.25) is 0 Å². The first-order valence-corrected chi connectivity index (χ1v) is 5.21. The fraction of sp³-hybridized carbons (Fsp3) is 0.250. The van der Waals surface area contributed by atoms with Crippen molar-refractivity contribution in [2.75, 3.05) is 0 Å². The average molecular weight is 279 g/mol. The van der Waals surface area contributed by atoms with Crippen LogP contribution in [0.15, 0.2) is 23.1 Å². The minimum atomic E-state index is -4.20. The van der Waals surface area contributed by atoms with E-state index in [2.05, 4.69) is 0 Å². The van der Waals surface area contributed by atoms with E-state index in [-0.39, 0.29) is 26.7 Å². The first-order valence-electron chi connectivity index (χ1n) is 3.63. The minimum absolute atomic E-state index is 0.0761. The SMILES string of the molecule is FC(F)C(F)(F)Sc1c(Cl)cccc1Cl. The topological polar surface area (TPSA) is 0 Å². The van der Waals surface area contributed by atoms with Gasteiger partial charge in [0, 0.05) is 0 Å². The Morgan fingerprint density at radius 3 is 2.00 bits per heavy atom. The average Bonchev–Trinajstić information content (AvgIpc) is 2.11. The Kier molecular flexibility index (Phi) is 4.14. The maximum absolute atomic E-state index is 12.7. The Morgan fingerprint density at radius 2 is 1.60 bits per heavy atom. The quantitative estimate of drug-likeness (QED) is 0.557. The van der Waals surface area contributed by atoms with E-state index in [9.17, 15) is 17.6 Å². The Morgan fingerprint density at radius 1 is 1.13 bits per heavy atom. The summed E-state index contributed by atoms with van der Waals surface area (Å²) in [7, 11) is 0. The number of halogens is 6. The molecule has 1 aromatic carbocycles. The standard InChI is InChI=1S/C8H4Cl2F4S/c9-4-2-1-3-5(10)6(4)15-8(13,14)7(11)12/h1-3,7H. The highest BCUT2D eigenvalue weighted by molar-refractivity contribution is 8.00. The van der Waals surface area contributed by atoms with Crippen LogP contribution in [-0.2, 0) is 0 Å². The Hall–Kier alpha value is -0.130. The lowest BCUT2D eigenvalue weighted by atomic mass is 10.4. The zero-order valence-corrected chi connectivity index (χ0v) is 9.31. The summed E-state index contributed by atoms with van der Waals surface area (Å²) in [4.78, 5) is -0.244. The number of thioether (sulfide) groups is 1. The molecule has 0 bridgehead atoms. The molecule has 7 heteroatoms. The molecule has 1 rings (SSSR count). The first-order chi connectivity index (χ1) is 6.84. The van der Waals surface area contributed by atoms with Crippen molar-refractivity contribution >= 4 is 35.0 Å². The number of hydrogen-bond acceptors (Lipinski definition) is 1. The van der Waals surface area contributed by atoms with Crippen LogP contribution in [-0.4, -0.2) is 11.7 Å². The molecule has 0 atom stereocenters. The molecule has 0 aromatic heterocycles. The molecule has 0 spiro atoms. The lowest BCUT2D eigenvalue weighted by Gasteiger charge is -2.15. The van der Waals surface area contributed by atoms with Gasteiger partial charge < -0.3 is 0 Å². The van der Waals surface area contributed by atoms with Crippen molar-refractivity contribution in [1.29, 1.82) is 0 Å². The van der Waals surface area contributed by atoms with E-state index in [1.165, 1.54) is 18.2 Å². The number of alkyl halides is 4. The van der Waals surface area contributed by atoms with Gasteiger partial charge >= 0.3 is 11.7 Å². The summed E-state index contributed by atoms with van der Waals surface area (Å²) in [5.41, 5.74) is 0. The summed E-state index contributed by atoms with van der Waals surface area (Å²) in [5.74, 6) is 0. The number of rotatable bonds is 3. The number of hydrogen-bond donors (Lipinski definition) is 0. The Balaban J connectivity index is 2.99. The third-order valence-corrected chi connectivity index (χ3v) is 3.36. The van der Waals surface area contributed by atoms with Gasteiger partial charge in [-0.15, -0.1) is 0 Å². The van der Waals surface area contributed by atoms with Gasteiger partial charge in [0.2, 0.25) is 0 Å². The van der Waals surface area contributed by atoms with E-state index in [1.807, 2.05) is 0 Å². The van der Waals surface area contributed by atoms with E-state index in [0.29, 0.717) is 0 Å². The number of benzene rings is 1. The van der Waals surface area contributed by atoms with E-state index in [4.69, 9.17) is 23.2 Å². The zero-order chi connectivity index (χ0) is 11.6. The Labute approximate surface area is 97.6 Å². The highest BCUT2D eigenvalue weighted by Crippen LogP contribution is 2.45. The van der Waals surface area contributed by atoms with E-state index >= 15 is 0 Å². The van der Waals surface area contributed by atoms with Crippen LogP contribution in [0.5, 0.6) is 0 Å². The molecule has 15 heavy (non-hydrogen) atoms. The molecular weight excluding hydrogens is 275 g/mol. The lowest BCUT2D eigenvalue weighted by Crippen LogP contribution is -2.21. The minimum Gasteiger partial charge on any atom is -0.202 e. The molecule has 0 aliphatic heterocycles. The van der Waals surface area contributed by atoms with Crippen molar-refractivity contribution in [3.8, 4) is 0 Å². The van der Waals surface area contributed by atoms with Crippen molar-refractivity contribution in [2.45, 2.75) is 16.6 Å². The molecule has 0 nitrogen and oxygen atoms in total. The molecule has 0 unspecified atom stereocenters. The monoisotopic (exact) mass is 278 g/mol. The smallest absolute Gasteiger partial charge is 0.202 e. The van der Waals surface area contributed by atoms with Gasteiger partial charge in [0.25, 0.3) is 0 Å². The second kappa shape index (κ2) is 4.80. The highest BCUT2D eigenvalue weighted by Gasteiger charge is 2.42. The largest absolute Gasteiger partial charge is 0.357 e. The fourth-order valence-corrected chi connectivity index (χ4v) is 2.08. The summed E-state index contributed by atoms with van der Waals surface area (Å²) >= 11 is 10.8. The lowest BCUT2D eigenvalue weighted by molar-refractivity contribution is -0.0563. The summed E-state index contributed by atoms with van der Waals surface area (Å²) in [6, 6.07) is 4.05. The summed E-state index contributed by atoms with van der Waals surface area (Å²) in [5, 5.41) is -4.35. The normalized spacial score (nSPS) is 12.2. The third kappa shape index (κ3) is 3.16. The van der Waals surface area contributed by atoms with Crippen molar-refractivity contribution in [1.82, 2.24) is 0 Å². The zero-order valence-electron chi connectivity index (χ0n) is 6.99. The van der Waals surface area contributed by atoms with Crippen LogP contribution >= 0.6 is 35.0 Å². The molecule has 0 amide bonds. The molecule has 1 aromatic rings. The van der Waals surface area contributed by atoms with Crippen molar-refractivity contribution < 1.29 is 17.6 Å². The summed E-state index contributed by atoms with van der Waals surface area (Å²) in [6.07, 6.45) is -3.77. The maximum atomic E-state index is 12.7. The molecule has 0 aliphatic rings. The molecule has 0 fully saturated rings. The highest BCUT2D eigenvalue weighted by atomic mass is 35.5. The fourth-order valence-electron chi connectivity index (χ4n) is 0.761. The third-order valence-electron chi connectivity index (χ3n) is 1.41. The summed E-state index contributed by atoms with van der Waals surface area (Å²) in [6.45, 7) is 0. The first kappa shape index (κ1) is 12.9. The van der Waals surface area contributed by atoms with Crippen LogP contribution in [0.3, 0.4) is 0 Å². The predicted octanol–water partition coefficient (Wildman–Crippen LogP) is 4.94. The van der Waals surface area contributed by atoms with E-state index in [1.54, 1.807) is 0 Å². The Bertz CT molecular complexity index is 336. The molecule has 0 saturated carbocycles. The van der Waals surface area contributed by atoms with Crippen LogP contribution in [0.2, 0.25) is 10.0 Å². The van der Waals surface area contributed by atoms with Crippen molar-refractivity contribution in [2.24, 2.45) is 0 Å². The van der Waals surface area contributed by atoms with Gasteiger partial charge in [-0.2, -0.15) is 8.78 Å². The molecule has 0 aliphatic carbocycles. The van der Waals surface area contributed by atoms with Crippen LogP contribution in [0.4, 0.5) is 17.6 Å². The second-order valence-electron chi connectivity index (χ2n) is 2.52. The van der Waals surface area contributed by atoms with Crippen molar-refractivity contribution in [3.05, 3.63) is 28.2 Å². The molecule has 0 heterocycles.